The van der Waals surface area contributed by atoms with Gasteiger partial charge in [0.1, 0.15) is 11.5 Å². The average molecular weight is 513 g/mol. The van der Waals surface area contributed by atoms with E-state index in [-0.39, 0.29) is 22.0 Å². The third-order valence-electron chi connectivity index (χ3n) is 6.03. The molecule has 1 aliphatic heterocycles. The summed E-state index contributed by atoms with van der Waals surface area (Å²) in [6, 6.07) is 10.2. The highest BCUT2D eigenvalue weighted by molar-refractivity contribution is 6.34. The smallest absolute Gasteiger partial charge is 0.277 e. The van der Waals surface area contributed by atoms with Gasteiger partial charge >= 0.3 is 0 Å². The largest absolute Gasteiger partial charge is 0.364 e. The number of amides is 3. The quantitative estimate of drug-likeness (QED) is 0.424. The summed E-state index contributed by atoms with van der Waals surface area (Å²) >= 11 is 5.98. The van der Waals surface area contributed by atoms with E-state index in [1.54, 1.807) is 29.2 Å². The molecule has 0 radical (unpaired) electrons. The summed E-state index contributed by atoms with van der Waals surface area (Å²) in [7, 11) is 0. The molecule has 1 saturated heterocycles. The lowest BCUT2D eigenvalue weighted by molar-refractivity contribution is 0.0952. The standard InChI is InChI=1S/C25H26ClFN6O3/c26-20-14-16(27)4-9-19(20)24(35)31-17-5-7-18(8-6-17)33(13-12-32-10-2-1-3-11-32)25(36)22-21(23(28)34)29-15-30-22/h4-9,14-15H,1-3,10-13H2,(H2,28,34)(H,29,30)(H,31,35). The van der Waals surface area contributed by atoms with Crippen molar-refractivity contribution in [3.8, 4) is 0 Å². The van der Waals surface area contributed by atoms with Crippen molar-refractivity contribution in [2.75, 3.05) is 36.4 Å². The highest BCUT2D eigenvalue weighted by atomic mass is 35.5. The SMILES string of the molecule is NC(=O)c1nc[nH]c1C(=O)N(CCN1CCCCC1)c1ccc(NC(=O)c2ccc(F)cc2Cl)cc1. The Morgan fingerprint density at radius 3 is 2.50 bits per heavy atom. The van der Waals surface area contributed by atoms with Crippen LogP contribution >= 0.6 is 11.6 Å². The summed E-state index contributed by atoms with van der Waals surface area (Å²) < 4.78 is 13.3. The molecule has 1 fully saturated rings. The van der Waals surface area contributed by atoms with Crippen LogP contribution < -0.4 is 16.0 Å². The highest BCUT2D eigenvalue weighted by Gasteiger charge is 2.25. The molecule has 1 aliphatic rings. The van der Waals surface area contributed by atoms with Crippen LogP contribution in [0.3, 0.4) is 0 Å². The maximum atomic E-state index is 13.4. The van der Waals surface area contributed by atoms with Crippen molar-refractivity contribution < 1.29 is 18.8 Å². The molecule has 0 unspecified atom stereocenters. The molecule has 2 aromatic carbocycles. The number of primary amides is 1. The number of halogens is 2. The minimum atomic E-state index is -0.798. The Morgan fingerprint density at radius 1 is 1.11 bits per heavy atom. The van der Waals surface area contributed by atoms with Crippen molar-refractivity contribution in [2.24, 2.45) is 5.73 Å². The van der Waals surface area contributed by atoms with Gasteiger partial charge in [-0.05, 0) is 68.4 Å². The minimum Gasteiger partial charge on any atom is -0.364 e. The van der Waals surface area contributed by atoms with E-state index >= 15 is 0 Å². The number of aromatic amines is 1. The summed E-state index contributed by atoms with van der Waals surface area (Å²) in [5, 5.41) is 2.72. The molecule has 3 amide bonds. The third-order valence-corrected chi connectivity index (χ3v) is 6.35. The first kappa shape index (κ1) is 25.3. The monoisotopic (exact) mass is 512 g/mol. The Hall–Kier alpha value is -3.76. The number of anilines is 2. The summed E-state index contributed by atoms with van der Waals surface area (Å²) in [5.41, 5.74) is 6.46. The number of imidazole rings is 1. The van der Waals surface area contributed by atoms with Gasteiger partial charge in [0.2, 0.25) is 0 Å². The fraction of sp³-hybridized carbons (Fsp3) is 0.280. The number of H-pyrrole nitrogens is 1. The first-order valence-electron chi connectivity index (χ1n) is 11.6. The molecular formula is C25H26ClFN6O3. The average Bonchev–Trinajstić information content (AvgIpc) is 3.36. The Bertz CT molecular complexity index is 1260. The molecule has 3 aromatic rings. The van der Waals surface area contributed by atoms with Gasteiger partial charge < -0.3 is 25.8 Å². The highest BCUT2D eigenvalue weighted by Crippen LogP contribution is 2.23. The fourth-order valence-corrected chi connectivity index (χ4v) is 4.40. The van der Waals surface area contributed by atoms with Crippen LogP contribution in [-0.2, 0) is 0 Å². The number of benzene rings is 2. The second kappa shape index (κ2) is 11.3. The number of nitrogens with one attached hydrogen (secondary N) is 2. The van der Waals surface area contributed by atoms with Gasteiger partial charge in [-0.15, -0.1) is 0 Å². The van der Waals surface area contributed by atoms with Crippen molar-refractivity contribution in [2.45, 2.75) is 19.3 Å². The van der Waals surface area contributed by atoms with Crippen LogP contribution in [0.25, 0.3) is 0 Å². The lowest BCUT2D eigenvalue weighted by Gasteiger charge is -2.30. The summed E-state index contributed by atoms with van der Waals surface area (Å²) in [6.45, 7) is 2.98. The second-order valence-corrected chi connectivity index (χ2v) is 8.88. The van der Waals surface area contributed by atoms with Crippen LogP contribution in [0.1, 0.15) is 50.6 Å². The van der Waals surface area contributed by atoms with Gasteiger partial charge in [0.05, 0.1) is 16.9 Å². The lowest BCUT2D eigenvalue weighted by Crippen LogP contribution is -2.41. The molecule has 1 aromatic heterocycles. The van der Waals surface area contributed by atoms with Crippen LogP contribution in [0, 0.1) is 5.82 Å². The number of carbonyl (C=O) groups excluding carboxylic acids is 3. The van der Waals surface area contributed by atoms with E-state index in [2.05, 4.69) is 20.2 Å². The molecule has 188 valence electrons. The number of aromatic nitrogens is 2. The Morgan fingerprint density at radius 2 is 1.83 bits per heavy atom. The molecule has 4 rings (SSSR count). The van der Waals surface area contributed by atoms with Crippen molar-refractivity contribution in [3.63, 3.8) is 0 Å². The van der Waals surface area contributed by atoms with Gasteiger partial charge in [-0.1, -0.05) is 18.0 Å². The number of rotatable bonds is 8. The number of hydrogen-bond acceptors (Lipinski definition) is 5. The van der Waals surface area contributed by atoms with Crippen LogP contribution in [-0.4, -0.2) is 58.8 Å². The number of nitrogens with two attached hydrogens (primary N) is 1. The van der Waals surface area contributed by atoms with Gasteiger partial charge in [0.25, 0.3) is 17.7 Å². The van der Waals surface area contributed by atoms with Crippen molar-refractivity contribution in [1.29, 1.82) is 0 Å². The lowest BCUT2D eigenvalue weighted by atomic mass is 10.1. The minimum absolute atomic E-state index is 0.00316. The maximum Gasteiger partial charge on any atom is 0.277 e. The zero-order valence-electron chi connectivity index (χ0n) is 19.5. The van der Waals surface area contributed by atoms with E-state index in [1.807, 2.05) is 0 Å². The molecule has 0 saturated carbocycles. The second-order valence-electron chi connectivity index (χ2n) is 8.47. The van der Waals surface area contributed by atoms with E-state index < -0.39 is 23.5 Å². The number of carbonyl (C=O) groups is 3. The van der Waals surface area contributed by atoms with Gasteiger partial charge in [-0.2, -0.15) is 0 Å². The van der Waals surface area contributed by atoms with Crippen LogP contribution in [0.15, 0.2) is 48.8 Å². The summed E-state index contributed by atoms with van der Waals surface area (Å²) in [4.78, 5) is 48.2. The van der Waals surface area contributed by atoms with E-state index in [0.29, 0.717) is 24.5 Å². The van der Waals surface area contributed by atoms with Crippen LogP contribution in [0.4, 0.5) is 15.8 Å². The van der Waals surface area contributed by atoms with E-state index in [1.165, 1.54) is 18.8 Å². The number of nitrogens with zero attached hydrogens (tertiary/aromatic N) is 3. The Kier molecular flexibility index (Phi) is 7.97. The first-order chi connectivity index (χ1) is 17.3. The molecule has 11 heteroatoms. The Balaban J connectivity index is 1.54. The molecule has 4 N–H and O–H groups in total. The van der Waals surface area contributed by atoms with Crippen molar-refractivity contribution in [3.05, 3.63) is 76.6 Å². The van der Waals surface area contributed by atoms with E-state index in [4.69, 9.17) is 17.3 Å². The van der Waals surface area contributed by atoms with Gasteiger partial charge in [-0.3, -0.25) is 14.4 Å². The number of piperidine rings is 1. The fourth-order valence-electron chi connectivity index (χ4n) is 4.15. The summed E-state index contributed by atoms with van der Waals surface area (Å²) in [6.07, 6.45) is 4.69. The number of hydrogen-bond donors (Lipinski definition) is 3. The number of likely N-dealkylation sites (tertiary alicyclic amines) is 1. The van der Waals surface area contributed by atoms with Crippen molar-refractivity contribution in [1.82, 2.24) is 14.9 Å². The van der Waals surface area contributed by atoms with Gasteiger partial charge in [0.15, 0.2) is 5.69 Å². The summed E-state index contributed by atoms with van der Waals surface area (Å²) in [5.74, 6) is -2.26. The topological polar surface area (TPSA) is 124 Å². The zero-order chi connectivity index (χ0) is 25.7. The van der Waals surface area contributed by atoms with Crippen molar-refractivity contribution >= 4 is 40.7 Å². The molecular weight excluding hydrogens is 487 g/mol. The molecule has 0 aliphatic carbocycles. The molecule has 0 spiro atoms. The molecule has 0 atom stereocenters. The molecule has 36 heavy (non-hydrogen) atoms. The van der Waals surface area contributed by atoms with Gasteiger partial charge in [-0.25, -0.2) is 9.37 Å². The zero-order valence-corrected chi connectivity index (χ0v) is 20.2. The van der Waals surface area contributed by atoms with Crippen LogP contribution in [0.2, 0.25) is 5.02 Å². The predicted octanol–water partition coefficient (Wildman–Crippen LogP) is 3.69. The molecule has 9 nitrogen and oxygen atoms in total. The maximum absolute atomic E-state index is 13.4. The molecule has 2 heterocycles. The Labute approximate surface area is 212 Å². The first-order valence-corrected chi connectivity index (χ1v) is 11.9. The van der Waals surface area contributed by atoms with E-state index in [0.717, 1.165) is 38.1 Å². The molecule has 0 bridgehead atoms. The van der Waals surface area contributed by atoms with Crippen LogP contribution in [0.5, 0.6) is 0 Å². The predicted molar refractivity (Wildman–Crippen MR) is 135 cm³/mol. The van der Waals surface area contributed by atoms with Gasteiger partial charge in [0, 0.05) is 24.5 Å². The third kappa shape index (κ3) is 5.89. The van der Waals surface area contributed by atoms with E-state index in [9.17, 15) is 18.8 Å². The normalized spacial score (nSPS) is 13.8.